The van der Waals surface area contributed by atoms with E-state index in [1.54, 1.807) is 37.3 Å². The second-order valence-corrected chi connectivity index (χ2v) is 7.25. The van der Waals surface area contributed by atoms with Crippen LogP contribution < -0.4 is 0 Å². The van der Waals surface area contributed by atoms with Crippen molar-refractivity contribution in [3.63, 3.8) is 0 Å². The van der Waals surface area contributed by atoms with E-state index in [-0.39, 0.29) is 17.1 Å². The number of hydrogen-bond donors (Lipinski definition) is 2. The molecule has 9 nitrogen and oxygen atoms in total. The normalized spacial score (nSPS) is 11.9. The Morgan fingerprint density at radius 2 is 1.75 bits per heavy atom. The average molecular weight is 401 g/mol. The Hall–Kier alpha value is -3.37. The van der Waals surface area contributed by atoms with Gasteiger partial charge in [0.25, 0.3) is 15.8 Å². The van der Waals surface area contributed by atoms with Gasteiger partial charge in [0.2, 0.25) is 0 Å². The molecule has 0 spiro atoms. The molecule has 0 amide bonds. The summed E-state index contributed by atoms with van der Waals surface area (Å²) in [6, 6.07) is 12.0. The first-order chi connectivity index (χ1) is 13.2. The quantitative estimate of drug-likeness (QED) is 0.275. The highest BCUT2D eigenvalue weighted by molar-refractivity contribution is 7.86. The highest BCUT2D eigenvalue weighted by atomic mass is 32.2. The van der Waals surface area contributed by atoms with Gasteiger partial charge >= 0.3 is 0 Å². The van der Waals surface area contributed by atoms with E-state index in [1.807, 2.05) is 0 Å². The van der Waals surface area contributed by atoms with Crippen LogP contribution in [-0.2, 0) is 16.5 Å². The molecular weight excluding hydrogens is 386 g/mol. The van der Waals surface area contributed by atoms with Crippen molar-refractivity contribution in [3.05, 3.63) is 64.2 Å². The van der Waals surface area contributed by atoms with Gasteiger partial charge in [-0.2, -0.15) is 8.42 Å². The lowest BCUT2D eigenvalue weighted by atomic mass is 10.1. The first-order valence-electron chi connectivity index (χ1n) is 8.14. The number of fused-ring (bicyclic) bond motifs is 1. The highest BCUT2D eigenvalue weighted by Crippen LogP contribution is 2.42. The van der Waals surface area contributed by atoms with Gasteiger partial charge in [-0.25, -0.2) is 0 Å². The third kappa shape index (κ3) is 3.55. The number of azo groups is 1. The molecule has 144 valence electrons. The Morgan fingerprint density at radius 1 is 1.07 bits per heavy atom. The number of aromatic hydroxyl groups is 1. The minimum absolute atomic E-state index is 0.00994. The van der Waals surface area contributed by atoms with E-state index >= 15 is 0 Å². The van der Waals surface area contributed by atoms with Gasteiger partial charge in [0.1, 0.15) is 10.6 Å². The number of nitro benzene ring substituents is 1. The Kier molecular flexibility index (Phi) is 5.08. The average Bonchev–Trinajstić information content (AvgIpc) is 2.65. The number of aryl methyl sites for hydroxylation is 1. The maximum atomic E-state index is 11.6. The zero-order chi connectivity index (χ0) is 20.5. The molecule has 0 aliphatic rings. The maximum Gasteiger partial charge on any atom is 0.298 e. The third-order valence-corrected chi connectivity index (χ3v) is 5.03. The lowest BCUT2D eigenvalue weighted by Crippen LogP contribution is -1.98. The van der Waals surface area contributed by atoms with Crippen molar-refractivity contribution in [1.29, 1.82) is 0 Å². The summed E-state index contributed by atoms with van der Waals surface area (Å²) in [5.41, 5.74) is 0.0900. The first-order valence-corrected chi connectivity index (χ1v) is 9.58. The smallest absolute Gasteiger partial charge is 0.298 e. The van der Waals surface area contributed by atoms with Crippen LogP contribution in [0.3, 0.4) is 0 Å². The van der Waals surface area contributed by atoms with Gasteiger partial charge in [-0.15, -0.1) is 10.2 Å². The summed E-state index contributed by atoms with van der Waals surface area (Å²) in [4.78, 5) is 9.99. The van der Waals surface area contributed by atoms with Crippen LogP contribution in [0.2, 0.25) is 0 Å². The number of hydrogen-bond acceptors (Lipinski definition) is 7. The minimum atomic E-state index is -4.72. The molecule has 28 heavy (non-hydrogen) atoms. The van der Waals surface area contributed by atoms with Crippen LogP contribution in [0.25, 0.3) is 10.8 Å². The molecule has 0 bridgehead atoms. The lowest BCUT2D eigenvalue weighted by molar-refractivity contribution is -0.384. The molecule has 0 aliphatic carbocycles. The first kappa shape index (κ1) is 19.4. The van der Waals surface area contributed by atoms with Crippen molar-refractivity contribution in [2.75, 3.05) is 0 Å². The monoisotopic (exact) mass is 401 g/mol. The summed E-state index contributed by atoms with van der Waals surface area (Å²) in [5.74, 6) is -0.790. The summed E-state index contributed by atoms with van der Waals surface area (Å²) in [7, 11) is -4.72. The molecule has 0 aliphatic heterocycles. The molecule has 10 heteroatoms. The van der Waals surface area contributed by atoms with E-state index in [1.165, 1.54) is 12.1 Å². The van der Waals surface area contributed by atoms with Crippen molar-refractivity contribution in [1.82, 2.24) is 0 Å². The van der Waals surface area contributed by atoms with E-state index in [9.17, 15) is 28.2 Å². The van der Waals surface area contributed by atoms with Crippen LogP contribution in [0, 0.1) is 10.1 Å². The zero-order valence-electron chi connectivity index (χ0n) is 14.6. The number of phenolic OH excluding ortho intramolecular Hbond substituents is 1. The van der Waals surface area contributed by atoms with Crippen LogP contribution in [0.15, 0.2) is 63.7 Å². The summed E-state index contributed by atoms with van der Waals surface area (Å²) in [6.07, 6.45) is 0.452. The van der Waals surface area contributed by atoms with Gasteiger partial charge in [0, 0.05) is 11.5 Å². The molecule has 3 aromatic carbocycles. The third-order valence-electron chi connectivity index (χ3n) is 4.16. The highest BCUT2D eigenvalue weighted by Gasteiger charge is 2.22. The summed E-state index contributed by atoms with van der Waals surface area (Å²) in [5, 5.41) is 30.3. The van der Waals surface area contributed by atoms with E-state index in [0.717, 1.165) is 6.07 Å². The molecule has 2 N–H and O–H groups in total. The van der Waals surface area contributed by atoms with Crippen LogP contribution in [0.4, 0.5) is 17.1 Å². The Labute approximate surface area is 159 Å². The Bertz CT molecular complexity index is 1220. The summed E-state index contributed by atoms with van der Waals surface area (Å²) in [6.45, 7) is 1.80. The fraction of sp³-hybridized carbons (Fsp3) is 0.111. The molecular formula is C18H15N3O6S. The summed E-state index contributed by atoms with van der Waals surface area (Å²) < 4.78 is 32.6. The van der Waals surface area contributed by atoms with E-state index in [0.29, 0.717) is 22.8 Å². The Balaban J connectivity index is 2.29. The number of nitro groups is 1. The van der Waals surface area contributed by atoms with Crippen LogP contribution in [0.5, 0.6) is 5.75 Å². The Morgan fingerprint density at radius 3 is 2.39 bits per heavy atom. The van der Waals surface area contributed by atoms with Crippen molar-refractivity contribution >= 4 is 38.0 Å². The summed E-state index contributed by atoms with van der Waals surface area (Å²) >= 11 is 0. The molecule has 0 aromatic heterocycles. The van der Waals surface area contributed by atoms with Gasteiger partial charge in [-0.05, 0) is 23.4 Å². The van der Waals surface area contributed by atoms with Gasteiger partial charge in [-0.3, -0.25) is 14.7 Å². The molecule has 0 heterocycles. The van der Waals surface area contributed by atoms with Gasteiger partial charge in [0.05, 0.1) is 4.92 Å². The van der Waals surface area contributed by atoms with Crippen molar-refractivity contribution < 1.29 is 23.0 Å². The molecule has 3 aromatic rings. The second kappa shape index (κ2) is 7.33. The largest absolute Gasteiger partial charge is 0.504 e. The molecule has 0 atom stereocenters. The van der Waals surface area contributed by atoms with Crippen LogP contribution in [-0.4, -0.2) is 23.0 Å². The number of benzene rings is 3. The second-order valence-electron chi connectivity index (χ2n) is 5.86. The lowest BCUT2D eigenvalue weighted by Gasteiger charge is -2.09. The number of phenols is 1. The predicted octanol–water partition coefficient (Wildman–Crippen LogP) is 4.68. The number of nitrogens with zero attached hydrogens (tertiary/aromatic N) is 3. The van der Waals surface area contributed by atoms with Gasteiger partial charge in [-0.1, -0.05) is 43.3 Å². The molecule has 0 unspecified atom stereocenters. The zero-order valence-corrected chi connectivity index (χ0v) is 15.4. The fourth-order valence-corrected chi connectivity index (χ4v) is 3.43. The SMILES string of the molecule is CCc1cccc([N+](=O)[O-])c1N=Nc1c(O)c(S(=O)(=O)O)cc2ccccc12. The number of rotatable bonds is 5. The van der Waals surface area contributed by atoms with E-state index in [2.05, 4.69) is 10.2 Å². The molecule has 0 saturated carbocycles. The molecule has 0 radical (unpaired) electrons. The van der Waals surface area contributed by atoms with Crippen molar-refractivity contribution in [2.45, 2.75) is 18.2 Å². The molecule has 3 rings (SSSR count). The predicted molar refractivity (Wildman–Crippen MR) is 102 cm³/mol. The maximum absolute atomic E-state index is 11.6. The van der Waals surface area contributed by atoms with Crippen LogP contribution in [0.1, 0.15) is 12.5 Å². The fourth-order valence-electron chi connectivity index (χ4n) is 2.82. The molecule has 0 fully saturated rings. The standard InChI is InChI=1S/C18H15N3O6S/c1-2-11-7-5-9-14(21(23)24)16(11)19-20-17-13-8-4-3-6-12(13)10-15(18(17)22)28(25,26)27/h3-10,22H,2H2,1H3,(H,25,26,27). The van der Waals surface area contributed by atoms with Gasteiger partial charge < -0.3 is 5.11 Å². The topological polar surface area (TPSA) is 142 Å². The van der Waals surface area contributed by atoms with Crippen molar-refractivity contribution in [2.24, 2.45) is 10.2 Å². The van der Waals surface area contributed by atoms with E-state index in [4.69, 9.17) is 0 Å². The van der Waals surface area contributed by atoms with E-state index < -0.39 is 25.7 Å². The minimum Gasteiger partial charge on any atom is -0.504 e. The van der Waals surface area contributed by atoms with Crippen LogP contribution >= 0.6 is 0 Å². The molecule has 0 saturated heterocycles. The van der Waals surface area contributed by atoms with Gasteiger partial charge in [0.15, 0.2) is 11.4 Å². The van der Waals surface area contributed by atoms with Crippen molar-refractivity contribution in [3.8, 4) is 5.75 Å².